The standard InChI is InChI=1S/C29H33Cl2F3N6O4Si/c1-28(2,3)45(5,6)44-22(29(32,33)34)16-38-26(18-11-13-19(30)14-12-18)37-39(27(38)42)17-23-35-24(15-25(41)43-4)40(36-23)21-10-8-7-9-20(21)31/h7-14,22H,15-17H2,1-6H3/t22-/m0/s1. The maximum atomic E-state index is 14.4. The fourth-order valence-electron chi connectivity index (χ4n) is 4.15. The molecule has 1 atom stereocenters. The van der Waals surface area contributed by atoms with Crippen molar-refractivity contribution in [2.75, 3.05) is 7.11 Å². The summed E-state index contributed by atoms with van der Waals surface area (Å²) in [6.45, 7) is 7.77. The monoisotopic (exact) mass is 684 g/mol. The van der Waals surface area contributed by atoms with Gasteiger partial charge in [0.2, 0.25) is 0 Å². The minimum absolute atomic E-state index is 0.0231. The van der Waals surface area contributed by atoms with Crippen LogP contribution in [0.4, 0.5) is 13.2 Å². The third kappa shape index (κ3) is 7.86. The maximum absolute atomic E-state index is 14.4. The molecule has 16 heteroatoms. The van der Waals surface area contributed by atoms with Gasteiger partial charge in [-0.05, 0) is 54.5 Å². The molecule has 242 valence electrons. The summed E-state index contributed by atoms with van der Waals surface area (Å²) in [5.41, 5.74) is -0.0478. The van der Waals surface area contributed by atoms with Crippen molar-refractivity contribution in [3.63, 3.8) is 0 Å². The minimum atomic E-state index is -4.77. The van der Waals surface area contributed by atoms with Gasteiger partial charge in [-0.1, -0.05) is 56.1 Å². The summed E-state index contributed by atoms with van der Waals surface area (Å²) in [6.07, 6.45) is -7.30. The number of benzene rings is 2. The van der Waals surface area contributed by atoms with Crippen LogP contribution in [0.5, 0.6) is 0 Å². The molecule has 0 spiro atoms. The van der Waals surface area contributed by atoms with Gasteiger partial charge in [0.25, 0.3) is 0 Å². The molecule has 2 aromatic heterocycles. The highest BCUT2D eigenvalue weighted by Gasteiger charge is 2.48. The van der Waals surface area contributed by atoms with Crippen molar-refractivity contribution in [2.45, 2.75) is 70.7 Å². The van der Waals surface area contributed by atoms with Crippen LogP contribution < -0.4 is 5.69 Å². The van der Waals surface area contributed by atoms with E-state index in [0.717, 1.165) is 9.25 Å². The smallest absolute Gasteiger partial charge is 0.415 e. The Bertz CT molecular complexity index is 1730. The Morgan fingerprint density at radius 2 is 1.67 bits per heavy atom. The molecule has 0 amide bonds. The van der Waals surface area contributed by atoms with Crippen molar-refractivity contribution in [3.05, 3.63) is 80.7 Å². The summed E-state index contributed by atoms with van der Waals surface area (Å²) in [7, 11) is -1.69. The van der Waals surface area contributed by atoms with Crippen molar-refractivity contribution in [1.29, 1.82) is 0 Å². The number of halogens is 5. The predicted octanol–water partition coefficient (Wildman–Crippen LogP) is 6.32. The first kappa shape index (κ1) is 34.4. The van der Waals surface area contributed by atoms with Crippen LogP contribution >= 0.6 is 23.2 Å². The summed E-state index contributed by atoms with van der Waals surface area (Å²) in [5, 5.41) is 9.06. The summed E-state index contributed by atoms with van der Waals surface area (Å²) in [4.78, 5) is 30.3. The summed E-state index contributed by atoms with van der Waals surface area (Å²) < 4.78 is 57.2. The molecule has 0 radical (unpaired) electrons. The van der Waals surface area contributed by atoms with E-state index in [4.69, 9.17) is 32.4 Å². The molecule has 4 aromatic rings. The molecule has 10 nitrogen and oxygen atoms in total. The highest BCUT2D eigenvalue weighted by atomic mass is 35.5. The molecular formula is C29H33Cl2F3N6O4Si. The number of hydrogen-bond acceptors (Lipinski definition) is 7. The number of para-hydroxylation sites is 1. The summed E-state index contributed by atoms with van der Waals surface area (Å²) in [5.74, 6) is -0.373. The van der Waals surface area contributed by atoms with Crippen LogP contribution in [0.1, 0.15) is 32.4 Å². The number of rotatable bonds is 10. The predicted molar refractivity (Wildman–Crippen MR) is 166 cm³/mol. The van der Waals surface area contributed by atoms with Crippen molar-refractivity contribution < 1.29 is 27.1 Å². The third-order valence-electron chi connectivity index (χ3n) is 7.60. The zero-order valence-electron chi connectivity index (χ0n) is 25.5. The zero-order chi connectivity index (χ0) is 33.3. The van der Waals surface area contributed by atoms with E-state index in [1.807, 2.05) is 20.8 Å². The van der Waals surface area contributed by atoms with E-state index in [2.05, 4.69) is 15.2 Å². The van der Waals surface area contributed by atoms with Gasteiger partial charge in [0.05, 0.1) is 24.4 Å². The van der Waals surface area contributed by atoms with Crippen LogP contribution in [0.2, 0.25) is 28.2 Å². The van der Waals surface area contributed by atoms with Gasteiger partial charge >= 0.3 is 17.8 Å². The van der Waals surface area contributed by atoms with Gasteiger partial charge in [-0.25, -0.2) is 19.1 Å². The summed E-state index contributed by atoms with van der Waals surface area (Å²) in [6, 6.07) is 12.9. The lowest BCUT2D eigenvalue weighted by atomic mass is 10.2. The minimum Gasteiger partial charge on any atom is -0.469 e. The van der Waals surface area contributed by atoms with E-state index >= 15 is 0 Å². The lowest BCUT2D eigenvalue weighted by Crippen LogP contribution is -2.50. The number of alkyl halides is 3. The molecule has 0 aliphatic rings. The second kappa shape index (κ2) is 13.1. The Kier molecular flexibility index (Phi) is 10.0. The van der Waals surface area contributed by atoms with Crippen molar-refractivity contribution in [1.82, 2.24) is 29.1 Å². The zero-order valence-corrected chi connectivity index (χ0v) is 28.0. The number of carbonyl (C=O) groups is 1. The van der Waals surface area contributed by atoms with Gasteiger partial charge in [-0.3, -0.25) is 9.36 Å². The number of methoxy groups -OCH3 is 1. The average molecular weight is 686 g/mol. The quantitative estimate of drug-likeness (QED) is 0.142. The van der Waals surface area contributed by atoms with Crippen LogP contribution in [0.3, 0.4) is 0 Å². The van der Waals surface area contributed by atoms with E-state index in [1.54, 1.807) is 61.6 Å². The second-order valence-electron chi connectivity index (χ2n) is 11.9. The van der Waals surface area contributed by atoms with Crippen molar-refractivity contribution in [3.8, 4) is 17.1 Å². The number of ether oxygens (including phenoxy) is 1. The highest BCUT2D eigenvalue weighted by molar-refractivity contribution is 6.74. The number of carbonyl (C=O) groups excluding carboxylic acids is 1. The van der Waals surface area contributed by atoms with Gasteiger partial charge in [-0.15, -0.1) is 10.2 Å². The molecule has 0 aliphatic heterocycles. The molecule has 45 heavy (non-hydrogen) atoms. The first-order valence-corrected chi connectivity index (χ1v) is 17.5. The molecule has 2 heterocycles. The van der Waals surface area contributed by atoms with Crippen molar-refractivity contribution in [2.24, 2.45) is 0 Å². The molecule has 0 fully saturated rings. The molecule has 0 saturated heterocycles. The van der Waals surface area contributed by atoms with Gasteiger partial charge in [-0.2, -0.15) is 13.2 Å². The van der Waals surface area contributed by atoms with E-state index in [9.17, 15) is 22.8 Å². The normalized spacial score (nSPS) is 13.2. The average Bonchev–Trinajstić information content (AvgIpc) is 3.47. The first-order chi connectivity index (χ1) is 20.9. The van der Waals surface area contributed by atoms with Crippen molar-refractivity contribution >= 4 is 37.5 Å². The molecule has 0 bridgehead atoms. The summed E-state index contributed by atoms with van der Waals surface area (Å²) >= 11 is 12.4. The Balaban J connectivity index is 1.81. The fourth-order valence-corrected chi connectivity index (χ4v) is 5.77. The molecule has 0 unspecified atom stereocenters. The molecule has 0 saturated carbocycles. The van der Waals surface area contributed by atoms with E-state index in [1.165, 1.54) is 11.8 Å². The lowest BCUT2D eigenvalue weighted by molar-refractivity contribution is -0.202. The molecule has 0 aliphatic carbocycles. The van der Waals surface area contributed by atoms with E-state index in [-0.39, 0.29) is 30.4 Å². The third-order valence-corrected chi connectivity index (χ3v) is 12.7. The maximum Gasteiger partial charge on any atom is 0.415 e. The van der Waals surface area contributed by atoms with Crippen LogP contribution in [0, 0.1) is 0 Å². The van der Waals surface area contributed by atoms with Gasteiger partial charge in [0, 0.05) is 10.6 Å². The number of esters is 1. The number of aromatic nitrogens is 6. The largest absolute Gasteiger partial charge is 0.469 e. The Labute approximate surface area is 268 Å². The Morgan fingerprint density at radius 1 is 1.02 bits per heavy atom. The topological polar surface area (TPSA) is 106 Å². The first-order valence-electron chi connectivity index (χ1n) is 13.9. The van der Waals surface area contributed by atoms with Gasteiger partial charge in [0.15, 0.2) is 26.1 Å². The number of hydrogen-bond donors (Lipinski definition) is 0. The Morgan fingerprint density at radius 3 is 2.24 bits per heavy atom. The highest BCUT2D eigenvalue weighted by Crippen LogP contribution is 2.40. The second-order valence-corrected chi connectivity index (χ2v) is 17.5. The molecule has 4 rings (SSSR count). The molecule has 0 N–H and O–H groups in total. The van der Waals surface area contributed by atoms with Crippen LogP contribution in [-0.2, 0) is 33.5 Å². The Hall–Kier alpha value is -3.46. The fraction of sp³-hybridized carbons (Fsp3) is 0.414. The lowest BCUT2D eigenvalue weighted by Gasteiger charge is -2.39. The SMILES string of the molecule is COC(=O)Cc1nc(Cn2nc(-c3ccc(Cl)cc3)n(C[C@H](O[Si](C)(C)C(C)(C)C)C(F)(F)F)c2=O)nn1-c1ccccc1Cl. The van der Waals surface area contributed by atoms with Crippen LogP contribution in [-0.4, -0.2) is 62.8 Å². The van der Waals surface area contributed by atoms with Crippen LogP contribution in [0.15, 0.2) is 53.3 Å². The van der Waals surface area contributed by atoms with E-state index < -0.39 is 43.8 Å². The molecular weight excluding hydrogens is 652 g/mol. The van der Waals surface area contributed by atoms with Gasteiger partial charge < -0.3 is 9.16 Å². The van der Waals surface area contributed by atoms with E-state index in [0.29, 0.717) is 21.3 Å². The van der Waals surface area contributed by atoms with Crippen LogP contribution in [0.25, 0.3) is 17.1 Å². The number of nitrogens with zero attached hydrogens (tertiary/aromatic N) is 6. The van der Waals surface area contributed by atoms with Gasteiger partial charge in [0.1, 0.15) is 18.8 Å². The molecule has 2 aromatic carbocycles.